The monoisotopic (exact) mass is 541 g/mol. The number of aromatic hydroxyl groups is 2. The Labute approximate surface area is 224 Å². The van der Waals surface area contributed by atoms with Crippen molar-refractivity contribution in [3.8, 4) is 23.0 Å². The summed E-state index contributed by atoms with van der Waals surface area (Å²) in [7, 11) is 2.87. The zero-order valence-corrected chi connectivity index (χ0v) is 21.5. The lowest BCUT2D eigenvalue weighted by Crippen LogP contribution is -2.66. The lowest BCUT2D eigenvalue weighted by molar-refractivity contribution is -0.315. The molecule has 0 spiro atoms. The summed E-state index contributed by atoms with van der Waals surface area (Å²) in [5.74, 6) is -1.63. The zero-order chi connectivity index (χ0) is 29.4. The minimum atomic E-state index is -1.79. The predicted molar refractivity (Wildman–Crippen MR) is 138 cm³/mol. The first-order valence-electron chi connectivity index (χ1n) is 11.4. The molecule has 0 aliphatic heterocycles. The molecule has 12 nitrogen and oxygen atoms in total. The third kappa shape index (κ3) is 10.0. The summed E-state index contributed by atoms with van der Waals surface area (Å²) in [6.07, 6.45) is 5.83. The second-order valence-corrected chi connectivity index (χ2v) is 7.71. The Morgan fingerprint density at radius 2 is 1.26 bits per heavy atom. The van der Waals surface area contributed by atoms with E-state index in [4.69, 9.17) is 9.47 Å². The van der Waals surface area contributed by atoms with Gasteiger partial charge in [0.05, 0.1) is 26.6 Å². The van der Waals surface area contributed by atoms with Gasteiger partial charge in [-0.3, -0.25) is 19.2 Å². The van der Waals surface area contributed by atoms with Crippen molar-refractivity contribution in [3.05, 3.63) is 59.7 Å². The molecule has 2 amide bonds. The van der Waals surface area contributed by atoms with Crippen LogP contribution in [0, 0.1) is 0 Å². The van der Waals surface area contributed by atoms with Gasteiger partial charge in [-0.25, -0.2) is 0 Å². The van der Waals surface area contributed by atoms with Gasteiger partial charge in [0.25, 0.3) is 0 Å². The number of phenols is 2. The Morgan fingerprint density at radius 3 is 1.56 bits per heavy atom. The van der Waals surface area contributed by atoms with Crippen molar-refractivity contribution in [1.82, 2.24) is 10.6 Å². The number of amides is 2. The molecule has 4 N–H and O–H groups in total. The highest BCUT2D eigenvalue weighted by Gasteiger charge is 2.27. The van der Waals surface area contributed by atoms with Crippen molar-refractivity contribution < 1.29 is 48.8 Å². The van der Waals surface area contributed by atoms with Crippen LogP contribution >= 0.6 is 0 Å². The van der Waals surface area contributed by atoms with E-state index in [2.05, 4.69) is 0 Å². The molecule has 0 heterocycles. The van der Waals surface area contributed by atoms with Crippen LogP contribution in [0.2, 0.25) is 0 Å². The highest BCUT2D eigenvalue weighted by atomic mass is 16.5. The summed E-state index contributed by atoms with van der Waals surface area (Å²) in [5, 5.41) is 33.5. The number of phenolic OH excluding ortho intramolecular Hbond substituents is 2. The molecule has 0 radical (unpaired) electrons. The highest BCUT2D eigenvalue weighted by Crippen LogP contribution is 2.27. The van der Waals surface area contributed by atoms with Crippen molar-refractivity contribution in [2.45, 2.75) is 25.4 Å². The van der Waals surface area contributed by atoms with E-state index < -0.39 is 11.6 Å². The Bertz CT molecular complexity index is 1150. The van der Waals surface area contributed by atoms with Crippen LogP contribution in [0.15, 0.2) is 48.6 Å². The van der Waals surface area contributed by atoms with Gasteiger partial charge >= 0.3 is 0 Å². The molecule has 0 unspecified atom stereocenters. The second-order valence-electron chi connectivity index (χ2n) is 7.71. The van der Waals surface area contributed by atoms with Gasteiger partial charge < -0.3 is 40.2 Å². The van der Waals surface area contributed by atoms with E-state index in [0.29, 0.717) is 22.6 Å². The van der Waals surface area contributed by atoms with E-state index in [1.54, 1.807) is 36.4 Å². The van der Waals surface area contributed by atoms with Crippen LogP contribution < -0.4 is 25.2 Å². The molecule has 0 saturated carbocycles. The van der Waals surface area contributed by atoms with E-state index in [0.717, 1.165) is 0 Å². The molecule has 0 aliphatic rings. The number of allylic oxidation sites excluding steroid dienone is 2. The molecule has 39 heavy (non-hydrogen) atoms. The van der Waals surface area contributed by atoms with E-state index in [-0.39, 0.29) is 48.7 Å². The Morgan fingerprint density at radius 1 is 0.846 bits per heavy atom. The number of aliphatic carboxylic acids is 1. The first kappa shape index (κ1) is 31.9. The number of carbonyl (C=O) groups is 5. The molecule has 0 saturated heterocycles. The fourth-order valence-corrected chi connectivity index (χ4v) is 2.97. The van der Waals surface area contributed by atoms with Crippen LogP contribution in [0.5, 0.6) is 23.0 Å². The fraction of sp³-hybridized carbons (Fsp3) is 0.222. The van der Waals surface area contributed by atoms with Crippen LogP contribution in [0.3, 0.4) is 0 Å². The summed E-state index contributed by atoms with van der Waals surface area (Å²) >= 11 is 0. The van der Waals surface area contributed by atoms with Gasteiger partial charge in [0.15, 0.2) is 40.2 Å². The topological polar surface area (TPSA) is 191 Å². The quantitative estimate of drug-likeness (QED) is 0.115. The number of methoxy groups -OCH3 is 2. The van der Waals surface area contributed by atoms with Gasteiger partial charge in [-0.05, 0) is 54.0 Å². The molecule has 0 aliphatic carbocycles. The number of nitrogens with one attached hydrogen (secondary N) is 2. The molecular weight excluding hydrogens is 512 g/mol. The number of ether oxygens (including phenoxy) is 2. The molecule has 0 fully saturated rings. The van der Waals surface area contributed by atoms with Crippen molar-refractivity contribution in [2.24, 2.45) is 0 Å². The number of carboxylic acid groups (broad SMARTS) is 1. The van der Waals surface area contributed by atoms with Crippen molar-refractivity contribution in [3.63, 3.8) is 0 Å². The van der Waals surface area contributed by atoms with Crippen molar-refractivity contribution in [1.29, 1.82) is 0 Å². The summed E-state index contributed by atoms with van der Waals surface area (Å²) in [4.78, 5) is 54.3. The van der Waals surface area contributed by atoms with Crippen LogP contribution in [0.1, 0.15) is 30.9 Å². The molecule has 2 aromatic rings. The summed E-state index contributed by atoms with van der Waals surface area (Å²) < 4.78 is 10.00. The molecule has 0 bridgehead atoms. The first-order chi connectivity index (χ1) is 18.5. The largest absolute Gasteiger partial charge is 0.546 e. The van der Waals surface area contributed by atoms with Crippen LogP contribution in [-0.4, -0.2) is 60.5 Å². The lowest BCUT2D eigenvalue weighted by Gasteiger charge is -2.32. The van der Waals surface area contributed by atoms with Crippen molar-refractivity contribution in [2.75, 3.05) is 14.2 Å². The third-order valence-corrected chi connectivity index (χ3v) is 5.17. The molecule has 2 aromatic carbocycles. The number of ketones is 2. The highest BCUT2D eigenvalue weighted by molar-refractivity contribution is 6.10. The smallest absolute Gasteiger partial charge is 0.209 e. The van der Waals surface area contributed by atoms with Gasteiger partial charge in [-0.1, -0.05) is 31.2 Å². The lowest BCUT2D eigenvalue weighted by atomic mass is 10.1. The average Bonchev–Trinajstić information content (AvgIpc) is 2.92. The number of rotatable bonds is 14. The van der Waals surface area contributed by atoms with Crippen LogP contribution in [0.25, 0.3) is 12.2 Å². The summed E-state index contributed by atoms with van der Waals surface area (Å²) in [6, 6.07) is 9.34. The maximum absolute atomic E-state index is 11.9. The maximum Gasteiger partial charge on any atom is 0.209 e. The van der Waals surface area contributed by atoms with Gasteiger partial charge in [0.2, 0.25) is 12.8 Å². The van der Waals surface area contributed by atoms with E-state index in [1.807, 2.05) is 10.6 Å². The molecule has 0 aromatic heterocycles. The number of benzene rings is 2. The van der Waals surface area contributed by atoms with Crippen LogP contribution in [0.4, 0.5) is 0 Å². The normalized spacial score (nSPS) is 10.7. The number of hydrogen-bond donors (Lipinski definition) is 4. The van der Waals surface area contributed by atoms with Crippen molar-refractivity contribution >= 4 is 42.5 Å². The number of carbonyl (C=O) groups excluding carboxylic acids is 5. The summed E-state index contributed by atoms with van der Waals surface area (Å²) in [6.45, 7) is 1.49. The van der Waals surface area contributed by atoms with Crippen LogP contribution in [-0.2, 0) is 24.0 Å². The molecular formula is C27H29N2O10-. The average molecular weight is 542 g/mol. The Hall–Kier alpha value is -5.13. The third-order valence-electron chi connectivity index (χ3n) is 5.17. The minimum Gasteiger partial charge on any atom is -0.546 e. The van der Waals surface area contributed by atoms with E-state index in [1.165, 1.54) is 45.4 Å². The molecule has 12 heteroatoms. The summed E-state index contributed by atoms with van der Waals surface area (Å²) in [5.41, 5.74) is -0.460. The number of hydrogen-bond acceptors (Lipinski definition) is 10. The predicted octanol–water partition coefficient (Wildman–Crippen LogP) is 0.705. The zero-order valence-electron chi connectivity index (χ0n) is 21.5. The fourth-order valence-electron chi connectivity index (χ4n) is 2.97. The second kappa shape index (κ2) is 15.9. The van der Waals surface area contributed by atoms with Gasteiger partial charge in [0.1, 0.15) is 0 Å². The van der Waals surface area contributed by atoms with Gasteiger partial charge in [-0.2, -0.15) is 0 Å². The Kier molecular flexibility index (Phi) is 13.0. The molecule has 2 rings (SSSR count). The number of carboxylic acids is 1. The minimum absolute atomic E-state index is 0.00662. The molecule has 208 valence electrons. The first-order valence-corrected chi connectivity index (χ1v) is 11.4. The SMILES string of the molecule is CCC(NC=O)(NC=O)C(=O)[O-].COc1cc(/C=C/C(=O)CC(=O)/C=C/c2ccc(O)c(OC)c2)ccc1O. The molecule has 0 atom stereocenters. The Balaban J connectivity index is 0.000000534. The standard InChI is InChI=1S/C21H20O6.C6H10N2O4/c1-26-20-11-14(5-9-18(20)24)3-7-16(22)13-17(23)8-4-15-6-10-19(25)21(12-15)27-2;1-2-6(5(11)12,7-3-9)8-4-10/h3-12,24-25H,13H2,1-2H3;3-4H,2H2,1H3,(H,7,9)(H,8,10)(H,11,12)/p-1/b7-3+,8-4+;. The van der Waals surface area contributed by atoms with Gasteiger partial charge in [-0.15, -0.1) is 0 Å². The maximum atomic E-state index is 11.9. The van der Waals surface area contributed by atoms with E-state index >= 15 is 0 Å². The van der Waals surface area contributed by atoms with Gasteiger partial charge in [0, 0.05) is 0 Å². The van der Waals surface area contributed by atoms with E-state index in [9.17, 15) is 39.3 Å².